The van der Waals surface area contributed by atoms with Gasteiger partial charge in [0.05, 0.1) is 18.7 Å². The van der Waals surface area contributed by atoms with Crippen molar-refractivity contribution in [2.45, 2.75) is 32.2 Å². The lowest BCUT2D eigenvalue weighted by atomic mass is 10.2. The van der Waals surface area contributed by atoms with E-state index in [1.165, 1.54) is 4.90 Å². The van der Waals surface area contributed by atoms with Crippen molar-refractivity contribution in [3.63, 3.8) is 0 Å². The second kappa shape index (κ2) is 10.8. The van der Waals surface area contributed by atoms with E-state index in [1.807, 2.05) is 81.6 Å². The highest BCUT2D eigenvalue weighted by atomic mass is 32.2. The molecule has 3 rings (SSSR count). The molecule has 0 atom stereocenters. The number of aryl methyl sites for hydroxylation is 2. The lowest BCUT2D eigenvalue weighted by Crippen LogP contribution is -2.22. The van der Waals surface area contributed by atoms with Crippen LogP contribution in [0.25, 0.3) is 0 Å². The summed E-state index contributed by atoms with van der Waals surface area (Å²) in [5.74, 6) is 2.09. The molecule has 0 spiro atoms. The Kier molecular flexibility index (Phi) is 7.92. The van der Waals surface area contributed by atoms with Gasteiger partial charge in [0.15, 0.2) is 5.84 Å². The molecule has 2 aromatic carbocycles. The molecule has 0 unspecified atom stereocenters. The highest BCUT2D eigenvalue weighted by molar-refractivity contribution is 7.98. The van der Waals surface area contributed by atoms with E-state index in [0.717, 1.165) is 22.6 Å². The third kappa shape index (κ3) is 5.77. The van der Waals surface area contributed by atoms with Gasteiger partial charge in [-0.1, -0.05) is 18.2 Å². The molecule has 3 aromatic rings. The topological polar surface area (TPSA) is 76.0 Å². The van der Waals surface area contributed by atoms with E-state index in [0.29, 0.717) is 30.3 Å². The SMILES string of the molecule is CCOc1ccccc1CN=C(NO)c1ccc(C)nc1Oc1ccc(SC)c(C)c1. The zero-order valence-corrected chi connectivity index (χ0v) is 19.0. The van der Waals surface area contributed by atoms with Crippen molar-refractivity contribution in [1.29, 1.82) is 0 Å². The van der Waals surface area contributed by atoms with E-state index < -0.39 is 0 Å². The number of hydrogen-bond acceptors (Lipinski definition) is 6. The molecule has 0 bridgehead atoms. The van der Waals surface area contributed by atoms with E-state index in [9.17, 15) is 5.21 Å². The molecule has 7 heteroatoms. The van der Waals surface area contributed by atoms with Crippen molar-refractivity contribution < 1.29 is 14.7 Å². The van der Waals surface area contributed by atoms with Crippen LogP contribution in [-0.2, 0) is 6.54 Å². The number of nitrogens with one attached hydrogen (secondary N) is 1. The molecule has 0 amide bonds. The fourth-order valence-electron chi connectivity index (χ4n) is 3.09. The van der Waals surface area contributed by atoms with Crippen LogP contribution in [0, 0.1) is 13.8 Å². The first-order valence-corrected chi connectivity index (χ1v) is 11.2. The first kappa shape index (κ1) is 22.7. The largest absolute Gasteiger partial charge is 0.494 e. The van der Waals surface area contributed by atoms with Crippen LogP contribution < -0.4 is 15.0 Å². The lowest BCUT2D eigenvalue weighted by molar-refractivity contribution is 0.234. The third-order valence-electron chi connectivity index (χ3n) is 4.62. The van der Waals surface area contributed by atoms with Gasteiger partial charge in [0.2, 0.25) is 5.88 Å². The maximum Gasteiger partial charge on any atom is 0.230 e. The zero-order valence-electron chi connectivity index (χ0n) is 18.2. The number of aliphatic imine (C=N–C) groups is 1. The van der Waals surface area contributed by atoms with E-state index in [2.05, 4.69) is 15.5 Å². The van der Waals surface area contributed by atoms with E-state index >= 15 is 0 Å². The molecule has 31 heavy (non-hydrogen) atoms. The van der Waals surface area contributed by atoms with Gasteiger partial charge >= 0.3 is 0 Å². The maximum absolute atomic E-state index is 9.80. The van der Waals surface area contributed by atoms with Crippen LogP contribution in [-0.4, -0.2) is 28.9 Å². The van der Waals surface area contributed by atoms with E-state index in [1.54, 1.807) is 11.8 Å². The molecule has 0 fully saturated rings. The Balaban J connectivity index is 1.92. The van der Waals surface area contributed by atoms with Crippen molar-refractivity contribution in [3.8, 4) is 17.4 Å². The number of hydroxylamine groups is 1. The summed E-state index contributed by atoms with van der Waals surface area (Å²) in [4.78, 5) is 10.3. The standard InChI is InChI=1S/C24H27N3O3S/c1-5-29-21-9-7-6-8-18(21)15-25-23(27-28)20-12-10-17(3)26-24(20)30-19-11-13-22(31-4)16(2)14-19/h6-14,28H,5,15H2,1-4H3,(H,25,27). The summed E-state index contributed by atoms with van der Waals surface area (Å²) in [5, 5.41) is 9.80. The first-order valence-electron chi connectivity index (χ1n) is 10.0. The van der Waals surface area contributed by atoms with Gasteiger partial charge < -0.3 is 9.47 Å². The minimum absolute atomic E-state index is 0.270. The van der Waals surface area contributed by atoms with Crippen molar-refractivity contribution in [3.05, 3.63) is 77.0 Å². The quantitative estimate of drug-likeness (QED) is 0.209. The number of pyridine rings is 1. The molecule has 0 aliphatic carbocycles. The number of aromatic nitrogens is 1. The van der Waals surface area contributed by atoms with Gasteiger partial charge in [-0.25, -0.2) is 4.98 Å². The number of ether oxygens (including phenoxy) is 2. The molecule has 1 aromatic heterocycles. The maximum atomic E-state index is 9.80. The molecule has 6 nitrogen and oxygen atoms in total. The molecule has 0 radical (unpaired) electrons. The Morgan fingerprint density at radius 3 is 2.65 bits per heavy atom. The first-order chi connectivity index (χ1) is 15.0. The van der Waals surface area contributed by atoms with Gasteiger partial charge in [-0.3, -0.25) is 15.7 Å². The summed E-state index contributed by atoms with van der Waals surface area (Å²) in [7, 11) is 0. The number of benzene rings is 2. The number of hydrogen-bond donors (Lipinski definition) is 2. The molecular formula is C24H27N3O3S. The van der Waals surface area contributed by atoms with Crippen molar-refractivity contribution in [1.82, 2.24) is 10.5 Å². The van der Waals surface area contributed by atoms with Crippen molar-refractivity contribution >= 4 is 17.6 Å². The minimum atomic E-state index is 0.270. The van der Waals surface area contributed by atoms with Crippen LogP contribution in [0.5, 0.6) is 17.4 Å². The van der Waals surface area contributed by atoms with Crippen LogP contribution in [0.3, 0.4) is 0 Å². The molecule has 0 aliphatic rings. The highest BCUT2D eigenvalue weighted by Gasteiger charge is 2.14. The number of nitrogens with zero attached hydrogens (tertiary/aromatic N) is 2. The monoisotopic (exact) mass is 437 g/mol. The third-order valence-corrected chi connectivity index (χ3v) is 5.52. The Bertz CT molecular complexity index is 1070. The second-order valence-electron chi connectivity index (χ2n) is 6.86. The minimum Gasteiger partial charge on any atom is -0.494 e. The molecule has 0 saturated carbocycles. The summed E-state index contributed by atoms with van der Waals surface area (Å²) in [6, 6.07) is 17.3. The molecular weight excluding hydrogens is 410 g/mol. The van der Waals surface area contributed by atoms with Crippen LogP contribution in [0.1, 0.15) is 29.3 Å². The van der Waals surface area contributed by atoms with Gasteiger partial charge in [0.1, 0.15) is 11.5 Å². The predicted octanol–water partition coefficient (Wildman–Crippen LogP) is 5.54. The summed E-state index contributed by atoms with van der Waals surface area (Å²) in [6.07, 6.45) is 2.04. The van der Waals surface area contributed by atoms with Crippen molar-refractivity contribution in [2.24, 2.45) is 4.99 Å². The Hall–Kier alpha value is -3.03. The average Bonchev–Trinajstić information content (AvgIpc) is 2.76. The normalized spacial score (nSPS) is 11.3. The summed E-state index contributed by atoms with van der Waals surface area (Å²) in [6.45, 7) is 6.77. The number of thioether (sulfide) groups is 1. The highest BCUT2D eigenvalue weighted by Crippen LogP contribution is 2.29. The van der Waals surface area contributed by atoms with E-state index in [-0.39, 0.29) is 5.84 Å². The summed E-state index contributed by atoms with van der Waals surface area (Å²) < 4.78 is 11.8. The van der Waals surface area contributed by atoms with E-state index in [4.69, 9.17) is 9.47 Å². The summed E-state index contributed by atoms with van der Waals surface area (Å²) in [5.41, 5.74) is 5.61. The average molecular weight is 438 g/mol. The Morgan fingerprint density at radius 1 is 1.13 bits per heavy atom. The number of rotatable bonds is 8. The van der Waals surface area contributed by atoms with Gasteiger partial charge in [-0.05, 0) is 69.0 Å². The van der Waals surface area contributed by atoms with Crippen LogP contribution in [0.2, 0.25) is 0 Å². The Labute approximate surface area is 187 Å². The van der Waals surface area contributed by atoms with Gasteiger partial charge in [-0.2, -0.15) is 0 Å². The molecule has 0 saturated heterocycles. The van der Waals surface area contributed by atoms with Crippen LogP contribution >= 0.6 is 11.8 Å². The zero-order chi connectivity index (χ0) is 22.2. The van der Waals surface area contributed by atoms with Gasteiger partial charge in [-0.15, -0.1) is 11.8 Å². The smallest absolute Gasteiger partial charge is 0.230 e. The molecule has 0 aliphatic heterocycles. The Morgan fingerprint density at radius 2 is 1.94 bits per heavy atom. The predicted molar refractivity (Wildman–Crippen MR) is 125 cm³/mol. The fraction of sp³-hybridized carbons (Fsp3) is 0.250. The van der Waals surface area contributed by atoms with Crippen LogP contribution in [0.15, 0.2) is 64.5 Å². The second-order valence-corrected chi connectivity index (χ2v) is 7.70. The molecule has 1 heterocycles. The molecule has 2 N–H and O–H groups in total. The van der Waals surface area contributed by atoms with Crippen LogP contribution in [0.4, 0.5) is 0 Å². The number of para-hydroxylation sites is 1. The van der Waals surface area contributed by atoms with Gasteiger partial charge in [0, 0.05) is 16.2 Å². The summed E-state index contributed by atoms with van der Waals surface area (Å²) >= 11 is 1.69. The molecule has 162 valence electrons. The lowest BCUT2D eigenvalue weighted by Gasteiger charge is -2.14. The number of amidine groups is 1. The van der Waals surface area contributed by atoms with Crippen molar-refractivity contribution in [2.75, 3.05) is 12.9 Å². The van der Waals surface area contributed by atoms with Gasteiger partial charge in [0.25, 0.3) is 0 Å². The fourth-order valence-corrected chi connectivity index (χ4v) is 3.68.